The lowest BCUT2D eigenvalue weighted by atomic mass is 9.95. The number of ether oxygens (including phenoxy) is 2. The van der Waals surface area contributed by atoms with Crippen LogP contribution >= 0.6 is 0 Å². The first-order valence-electron chi connectivity index (χ1n) is 14.3. The molecule has 0 aromatic heterocycles. The lowest BCUT2D eigenvalue weighted by molar-refractivity contribution is -0.192. The quantitative estimate of drug-likeness (QED) is 0.126. The van der Waals surface area contributed by atoms with Crippen molar-refractivity contribution < 1.29 is 72.2 Å². The van der Waals surface area contributed by atoms with Gasteiger partial charge >= 0.3 is 24.1 Å². The van der Waals surface area contributed by atoms with Gasteiger partial charge in [0.1, 0.15) is 34.7 Å². The Morgan fingerprint density at radius 1 is 0.857 bits per heavy atom. The number of carbonyl (C=O) groups excluding carboxylic acids is 4. The number of ketones is 1. The van der Waals surface area contributed by atoms with E-state index in [4.69, 9.17) is 19.4 Å². The largest absolute Gasteiger partial charge is 0.508 e. The molecule has 3 aromatic rings. The van der Waals surface area contributed by atoms with Crippen molar-refractivity contribution in [3.63, 3.8) is 0 Å². The third kappa shape index (κ3) is 9.83. The number of phenols is 4. The number of esters is 2. The average Bonchev–Trinajstić information content (AvgIpc) is 3.45. The van der Waals surface area contributed by atoms with E-state index in [1.54, 1.807) is 0 Å². The molecule has 0 aliphatic carbocycles. The fraction of sp³-hybridized carbons (Fsp3) is 0.281. The summed E-state index contributed by atoms with van der Waals surface area (Å²) in [6.45, 7) is 4.22. The number of benzene rings is 3. The molecule has 0 spiro atoms. The molecule has 49 heavy (non-hydrogen) atoms. The van der Waals surface area contributed by atoms with Crippen molar-refractivity contribution in [1.29, 1.82) is 0 Å². The van der Waals surface area contributed by atoms with E-state index in [0.29, 0.717) is 12.1 Å². The molecule has 1 heterocycles. The van der Waals surface area contributed by atoms with Gasteiger partial charge in [0, 0.05) is 18.7 Å². The Kier molecular flexibility index (Phi) is 12.2. The van der Waals surface area contributed by atoms with Crippen LogP contribution in [0.1, 0.15) is 60.8 Å². The zero-order valence-electron chi connectivity index (χ0n) is 25.8. The molecule has 14 nitrogen and oxygen atoms in total. The van der Waals surface area contributed by atoms with Gasteiger partial charge in [0.2, 0.25) is 5.78 Å². The Morgan fingerprint density at radius 3 is 2.00 bits per heavy atom. The van der Waals surface area contributed by atoms with Crippen LogP contribution in [0.2, 0.25) is 0 Å². The number of amides is 1. The van der Waals surface area contributed by atoms with Gasteiger partial charge in [0.25, 0.3) is 5.91 Å². The molecule has 1 aliphatic heterocycles. The molecule has 17 heteroatoms. The highest BCUT2D eigenvalue weighted by atomic mass is 19.4. The van der Waals surface area contributed by atoms with E-state index in [1.165, 1.54) is 42.5 Å². The number of halogens is 3. The molecule has 262 valence electrons. The smallest absolute Gasteiger partial charge is 0.490 e. The predicted octanol–water partition coefficient (Wildman–Crippen LogP) is 3.11. The third-order valence-electron chi connectivity index (χ3n) is 6.70. The van der Waals surface area contributed by atoms with Crippen molar-refractivity contribution in [3.8, 4) is 23.0 Å². The van der Waals surface area contributed by atoms with Crippen LogP contribution in [0, 0.1) is 5.92 Å². The number of nitrogens with one attached hydrogen (secondary N) is 2. The molecule has 1 fully saturated rings. The molecule has 4 rings (SSSR count). The first kappa shape index (κ1) is 37.6. The number of hydrogen-bond acceptors (Lipinski definition) is 12. The number of alkyl halides is 3. The highest BCUT2D eigenvalue weighted by Crippen LogP contribution is 2.35. The number of carboxylic acid groups (broad SMARTS) is 1. The zero-order chi connectivity index (χ0) is 36.6. The Morgan fingerprint density at radius 2 is 1.45 bits per heavy atom. The minimum atomic E-state index is -5.08. The van der Waals surface area contributed by atoms with Crippen molar-refractivity contribution in [2.45, 2.75) is 32.2 Å². The molecular formula is C32H31F3N2O12. The molecule has 2 atom stereocenters. The maximum absolute atomic E-state index is 13.3. The van der Waals surface area contributed by atoms with Crippen molar-refractivity contribution in [1.82, 2.24) is 10.6 Å². The van der Waals surface area contributed by atoms with E-state index < -0.39 is 76.3 Å². The summed E-state index contributed by atoms with van der Waals surface area (Å²) >= 11 is 0. The SMILES string of the molecule is CC(C)COC(=O)c1cccc(O)c1C(=O)c1c(O)cc(C(=O)O[C@H]2CNC[C@@H]2NC(=O)c2ccc(O)cc2)cc1O.O=C(O)C(F)(F)F. The van der Waals surface area contributed by atoms with Gasteiger partial charge in [-0.25, -0.2) is 14.4 Å². The third-order valence-corrected chi connectivity index (χ3v) is 6.70. The van der Waals surface area contributed by atoms with Crippen LogP contribution in [0.3, 0.4) is 0 Å². The number of phenolic OH excluding ortho intramolecular Hbond substituents is 4. The number of hydrogen-bond donors (Lipinski definition) is 7. The molecule has 0 radical (unpaired) electrons. The molecule has 0 unspecified atom stereocenters. The van der Waals surface area contributed by atoms with Crippen molar-refractivity contribution in [3.05, 3.63) is 82.4 Å². The van der Waals surface area contributed by atoms with Crippen LogP contribution in [0.4, 0.5) is 13.2 Å². The summed E-state index contributed by atoms with van der Waals surface area (Å²) in [5, 5.41) is 54.0. The van der Waals surface area contributed by atoms with Crippen LogP contribution in [-0.4, -0.2) is 93.1 Å². The second-order valence-electron chi connectivity index (χ2n) is 10.9. The molecule has 1 amide bonds. The number of carboxylic acids is 1. The number of rotatable bonds is 9. The first-order valence-corrected chi connectivity index (χ1v) is 14.3. The van der Waals surface area contributed by atoms with E-state index >= 15 is 0 Å². The summed E-state index contributed by atoms with van der Waals surface area (Å²) in [6.07, 6.45) is -5.88. The van der Waals surface area contributed by atoms with Gasteiger partial charge in [-0.05, 0) is 54.4 Å². The van der Waals surface area contributed by atoms with Crippen LogP contribution in [-0.2, 0) is 14.3 Å². The minimum Gasteiger partial charge on any atom is -0.508 e. The summed E-state index contributed by atoms with van der Waals surface area (Å²) in [5.74, 6) is -8.24. The fourth-order valence-electron chi connectivity index (χ4n) is 4.35. The van der Waals surface area contributed by atoms with E-state index in [0.717, 1.165) is 12.1 Å². The summed E-state index contributed by atoms with van der Waals surface area (Å²) in [6, 6.07) is 10.6. The van der Waals surface area contributed by atoms with Crippen LogP contribution in [0.25, 0.3) is 0 Å². The minimum absolute atomic E-state index is 0.00488. The summed E-state index contributed by atoms with van der Waals surface area (Å²) in [4.78, 5) is 60.3. The van der Waals surface area contributed by atoms with Gasteiger partial charge in [-0.1, -0.05) is 19.9 Å². The highest BCUT2D eigenvalue weighted by Gasteiger charge is 2.38. The Hall–Kier alpha value is -5.84. The van der Waals surface area contributed by atoms with Crippen molar-refractivity contribution >= 4 is 29.6 Å². The maximum atomic E-state index is 13.3. The van der Waals surface area contributed by atoms with Gasteiger partial charge in [-0.15, -0.1) is 0 Å². The van der Waals surface area contributed by atoms with Gasteiger partial charge in [-0.3, -0.25) is 9.59 Å². The maximum Gasteiger partial charge on any atom is 0.490 e. The van der Waals surface area contributed by atoms with Gasteiger partial charge in [0.15, 0.2) is 0 Å². The van der Waals surface area contributed by atoms with Crippen molar-refractivity contribution in [2.24, 2.45) is 5.92 Å². The second-order valence-corrected chi connectivity index (χ2v) is 10.9. The molecule has 7 N–H and O–H groups in total. The number of carbonyl (C=O) groups is 5. The zero-order valence-corrected chi connectivity index (χ0v) is 25.8. The van der Waals surface area contributed by atoms with E-state index in [2.05, 4.69) is 10.6 Å². The first-order chi connectivity index (χ1) is 22.9. The van der Waals surface area contributed by atoms with E-state index in [9.17, 15) is 52.8 Å². The molecule has 1 aliphatic rings. The average molecular weight is 693 g/mol. The van der Waals surface area contributed by atoms with Crippen LogP contribution in [0.5, 0.6) is 23.0 Å². The van der Waals surface area contributed by atoms with E-state index in [-0.39, 0.29) is 35.9 Å². The molecule has 0 bridgehead atoms. The summed E-state index contributed by atoms with van der Waals surface area (Å²) in [7, 11) is 0. The predicted molar refractivity (Wildman–Crippen MR) is 162 cm³/mol. The topological polar surface area (TPSA) is 229 Å². The molecule has 0 saturated carbocycles. The standard InChI is InChI=1S/C30H30N2O10.C2HF3O2/c1-15(2)14-41-30(40)19-4-3-5-21(34)25(19)27(37)26-22(35)10-17(11-23(26)36)29(39)42-24-13-31-12-20(24)32-28(38)16-6-8-18(33)9-7-16;3-2(4,5)1(6)7/h3-11,15,20,24,31,33-36H,12-14H2,1-2H3,(H,32,38);(H,6,7)/t20-,24-;/m0./s1. The summed E-state index contributed by atoms with van der Waals surface area (Å²) < 4.78 is 42.4. The monoisotopic (exact) mass is 692 g/mol. The molecule has 3 aromatic carbocycles. The van der Waals surface area contributed by atoms with Gasteiger partial charge < -0.3 is 45.6 Å². The fourth-order valence-corrected chi connectivity index (χ4v) is 4.35. The van der Waals surface area contributed by atoms with E-state index in [1.807, 2.05) is 13.8 Å². The lowest BCUT2D eigenvalue weighted by Gasteiger charge is -2.21. The second kappa shape index (κ2) is 15.8. The normalized spacial score (nSPS) is 15.5. The Labute approximate surface area is 275 Å². The number of aromatic hydroxyl groups is 4. The molecular weight excluding hydrogens is 661 g/mol. The Balaban J connectivity index is 0.000000838. The molecule has 1 saturated heterocycles. The lowest BCUT2D eigenvalue weighted by Crippen LogP contribution is -2.44. The van der Waals surface area contributed by atoms with Gasteiger partial charge in [-0.2, -0.15) is 13.2 Å². The highest BCUT2D eigenvalue weighted by molar-refractivity contribution is 6.18. The number of aliphatic carboxylic acids is 1. The van der Waals surface area contributed by atoms with Crippen LogP contribution < -0.4 is 10.6 Å². The summed E-state index contributed by atoms with van der Waals surface area (Å²) in [5.41, 5.74) is -1.40. The van der Waals surface area contributed by atoms with Crippen LogP contribution in [0.15, 0.2) is 54.6 Å². The Bertz CT molecular complexity index is 1700. The van der Waals surface area contributed by atoms with Crippen molar-refractivity contribution in [2.75, 3.05) is 19.7 Å². The van der Waals surface area contributed by atoms with Gasteiger partial charge in [0.05, 0.1) is 29.3 Å².